The molecule has 1 aliphatic heterocycles. The van der Waals surface area contributed by atoms with Gasteiger partial charge in [0.05, 0.1) is 13.7 Å². The van der Waals surface area contributed by atoms with Gasteiger partial charge < -0.3 is 19.7 Å². The zero-order valence-corrected chi connectivity index (χ0v) is 13.5. The van der Waals surface area contributed by atoms with Crippen molar-refractivity contribution in [2.45, 2.75) is 32.2 Å². The van der Waals surface area contributed by atoms with Gasteiger partial charge in [-0.2, -0.15) is 0 Å². The number of rotatable bonds is 8. The minimum Gasteiger partial charge on any atom is -0.493 e. The first kappa shape index (κ1) is 16.1. The highest BCUT2D eigenvalue weighted by Crippen LogP contribution is 2.30. The van der Waals surface area contributed by atoms with Crippen molar-refractivity contribution in [1.29, 1.82) is 0 Å². The third-order valence-electron chi connectivity index (χ3n) is 4.20. The van der Waals surface area contributed by atoms with Crippen LogP contribution in [-0.2, 0) is 0 Å². The van der Waals surface area contributed by atoms with Crippen LogP contribution in [0.15, 0.2) is 18.2 Å². The second-order valence-electron chi connectivity index (χ2n) is 5.67. The lowest BCUT2D eigenvalue weighted by atomic mass is 10.1. The van der Waals surface area contributed by atoms with Crippen LogP contribution in [0.25, 0.3) is 0 Å². The SMILES string of the molecule is CNC(C)c1ccc(OCCCN2CCCC2)c(OC)c1. The molecule has 4 nitrogen and oxygen atoms in total. The van der Waals surface area contributed by atoms with E-state index in [1.807, 2.05) is 13.1 Å². The first-order chi connectivity index (χ1) is 10.2. The van der Waals surface area contributed by atoms with Crippen LogP contribution in [0.4, 0.5) is 0 Å². The van der Waals surface area contributed by atoms with Crippen molar-refractivity contribution in [2.24, 2.45) is 0 Å². The molecular weight excluding hydrogens is 264 g/mol. The predicted molar refractivity (Wildman–Crippen MR) is 86.3 cm³/mol. The fourth-order valence-electron chi connectivity index (χ4n) is 2.72. The summed E-state index contributed by atoms with van der Waals surface area (Å²) >= 11 is 0. The highest BCUT2D eigenvalue weighted by atomic mass is 16.5. The van der Waals surface area contributed by atoms with Crippen molar-refractivity contribution in [3.8, 4) is 11.5 Å². The van der Waals surface area contributed by atoms with E-state index in [2.05, 4.69) is 29.3 Å². The molecule has 1 fully saturated rings. The van der Waals surface area contributed by atoms with Gasteiger partial charge in [0.2, 0.25) is 0 Å². The van der Waals surface area contributed by atoms with Gasteiger partial charge in [0.15, 0.2) is 11.5 Å². The molecule has 1 heterocycles. The van der Waals surface area contributed by atoms with Crippen LogP contribution in [0.5, 0.6) is 11.5 Å². The number of nitrogens with one attached hydrogen (secondary N) is 1. The third-order valence-corrected chi connectivity index (χ3v) is 4.20. The number of benzene rings is 1. The van der Waals surface area contributed by atoms with Gasteiger partial charge in [-0.15, -0.1) is 0 Å². The summed E-state index contributed by atoms with van der Waals surface area (Å²) in [7, 11) is 3.65. The average molecular weight is 292 g/mol. The molecule has 21 heavy (non-hydrogen) atoms. The molecule has 0 saturated carbocycles. The summed E-state index contributed by atoms with van der Waals surface area (Å²) in [5.41, 5.74) is 1.21. The van der Waals surface area contributed by atoms with Gasteiger partial charge in [-0.05, 0) is 64.0 Å². The predicted octanol–water partition coefficient (Wildman–Crippen LogP) is 2.84. The lowest BCUT2D eigenvalue weighted by Crippen LogP contribution is -2.22. The van der Waals surface area contributed by atoms with E-state index < -0.39 is 0 Å². The number of nitrogens with zero attached hydrogens (tertiary/aromatic N) is 1. The summed E-state index contributed by atoms with van der Waals surface area (Å²) in [6.07, 6.45) is 3.76. The Labute approximate surface area is 128 Å². The van der Waals surface area contributed by atoms with E-state index in [1.54, 1.807) is 7.11 Å². The normalized spacial score (nSPS) is 16.9. The highest BCUT2D eigenvalue weighted by molar-refractivity contribution is 5.43. The molecule has 2 rings (SSSR count). The molecule has 0 aromatic heterocycles. The Balaban J connectivity index is 1.84. The van der Waals surface area contributed by atoms with Crippen LogP contribution < -0.4 is 14.8 Å². The number of ether oxygens (including phenoxy) is 2. The molecule has 0 aliphatic carbocycles. The van der Waals surface area contributed by atoms with Crippen LogP contribution in [0.1, 0.15) is 37.8 Å². The molecule has 1 N–H and O–H groups in total. The Hall–Kier alpha value is -1.26. The number of likely N-dealkylation sites (tertiary alicyclic amines) is 1. The molecule has 118 valence electrons. The van der Waals surface area contributed by atoms with E-state index in [4.69, 9.17) is 9.47 Å². The van der Waals surface area contributed by atoms with E-state index in [9.17, 15) is 0 Å². The molecule has 1 aromatic carbocycles. The van der Waals surface area contributed by atoms with Gasteiger partial charge >= 0.3 is 0 Å². The Morgan fingerprint density at radius 3 is 2.67 bits per heavy atom. The molecule has 0 amide bonds. The lowest BCUT2D eigenvalue weighted by Gasteiger charge is -2.17. The minimum atomic E-state index is 0.308. The van der Waals surface area contributed by atoms with E-state index in [-0.39, 0.29) is 0 Å². The second kappa shape index (κ2) is 8.25. The van der Waals surface area contributed by atoms with E-state index in [1.165, 1.54) is 31.5 Å². The first-order valence-electron chi connectivity index (χ1n) is 7.95. The van der Waals surface area contributed by atoms with Crippen LogP contribution in [0.3, 0.4) is 0 Å². The number of methoxy groups -OCH3 is 1. The van der Waals surface area contributed by atoms with Crippen molar-refractivity contribution in [1.82, 2.24) is 10.2 Å². The summed E-state index contributed by atoms with van der Waals surface area (Å²) < 4.78 is 11.3. The molecule has 1 aromatic rings. The van der Waals surface area contributed by atoms with Crippen molar-refractivity contribution in [2.75, 3.05) is 40.4 Å². The van der Waals surface area contributed by atoms with Crippen LogP contribution in [0.2, 0.25) is 0 Å². The zero-order chi connectivity index (χ0) is 15.1. The smallest absolute Gasteiger partial charge is 0.161 e. The monoisotopic (exact) mass is 292 g/mol. The van der Waals surface area contributed by atoms with Crippen LogP contribution in [0, 0.1) is 0 Å². The largest absolute Gasteiger partial charge is 0.493 e. The Bertz CT molecular complexity index is 431. The number of hydrogen-bond acceptors (Lipinski definition) is 4. The fraction of sp³-hybridized carbons (Fsp3) is 0.647. The van der Waals surface area contributed by atoms with E-state index >= 15 is 0 Å². The van der Waals surface area contributed by atoms with Gasteiger partial charge in [-0.3, -0.25) is 0 Å². The van der Waals surface area contributed by atoms with E-state index in [0.717, 1.165) is 31.1 Å². The van der Waals surface area contributed by atoms with E-state index in [0.29, 0.717) is 6.04 Å². The Morgan fingerprint density at radius 2 is 2.00 bits per heavy atom. The minimum absolute atomic E-state index is 0.308. The average Bonchev–Trinajstić information content (AvgIpc) is 3.04. The Kier molecular flexibility index (Phi) is 6.33. The Morgan fingerprint density at radius 1 is 1.24 bits per heavy atom. The molecule has 1 saturated heterocycles. The highest BCUT2D eigenvalue weighted by Gasteiger charge is 2.12. The summed E-state index contributed by atoms with van der Waals surface area (Å²) in [5.74, 6) is 1.65. The van der Waals surface area contributed by atoms with Crippen molar-refractivity contribution < 1.29 is 9.47 Å². The first-order valence-corrected chi connectivity index (χ1v) is 7.95. The second-order valence-corrected chi connectivity index (χ2v) is 5.67. The van der Waals surface area contributed by atoms with Gasteiger partial charge in [0, 0.05) is 12.6 Å². The standard InChI is InChI=1S/C17H28N2O2/c1-14(18-2)15-7-8-16(17(13-15)20-3)21-12-6-11-19-9-4-5-10-19/h7-8,13-14,18H,4-6,9-12H2,1-3H3. The molecule has 1 aliphatic rings. The molecule has 0 bridgehead atoms. The van der Waals surface area contributed by atoms with Crippen LogP contribution >= 0.6 is 0 Å². The van der Waals surface area contributed by atoms with Crippen molar-refractivity contribution in [3.63, 3.8) is 0 Å². The summed E-state index contributed by atoms with van der Waals surface area (Å²) in [6, 6.07) is 6.47. The van der Waals surface area contributed by atoms with Gasteiger partial charge in [-0.1, -0.05) is 6.07 Å². The summed E-state index contributed by atoms with van der Waals surface area (Å²) in [5, 5.41) is 3.23. The topological polar surface area (TPSA) is 33.7 Å². The summed E-state index contributed by atoms with van der Waals surface area (Å²) in [4.78, 5) is 2.51. The molecule has 4 heteroatoms. The maximum Gasteiger partial charge on any atom is 0.161 e. The molecule has 1 unspecified atom stereocenters. The van der Waals surface area contributed by atoms with Gasteiger partial charge in [-0.25, -0.2) is 0 Å². The lowest BCUT2D eigenvalue weighted by molar-refractivity contribution is 0.254. The third kappa shape index (κ3) is 4.61. The van der Waals surface area contributed by atoms with Crippen LogP contribution in [-0.4, -0.2) is 45.3 Å². The van der Waals surface area contributed by atoms with Crippen molar-refractivity contribution in [3.05, 3.63) is 23.8 Å². The summed E-state index contributed by atoms with van der Waals surface area (Å²) in [6.45, 7) is 6.51. The maximum absolute atomic E-state index is 5.88. The van der Waals surface area contributed by atoms with Crippen molar-refractivity contribution >= 4 is 0 Å². The maximum atomic E-state index is 5.88. The zero-order valence-electron chi connectivity index (χ0n) is 13.5. The van der Waals surface area contributed by atoms with Gasteiger partial charge in [0.25, 0.3) is 0 Å². The fourth-order valence-corrected chi connectivity index (χ4v) is 2.72. The molecule has 1 atom stereocenters. The molecular formula is C17H28N2O2. The number of hydrogen-bond donors (Lipinski definition) is 1. The quantitative estimate of drug-likeness (QED) is 0.747. The van der Waals surface area contributed by atoms with Gasteiger partial charge in [0.1, 0.15) is 0 Å². The molecule has 0 radical (unpaired) electrons. The molecule has 0 spiro atoms.